The number of thioether (sulfide) groups is 1. The highest BCUT2D eigenvalue weighted by Crippen LogP contribution is 2.30. The van der Waals surface area contributed by atoms with Gasteiger partial charge in [-0.1, -0.05) is 0 Å². The van der Waals surface area contributed by atoms with Crippen LogP contribution in [0.1, 0.15) is 38.5 Å². The van der Waals surface area contributed by atoms with Crippen LogP contribution in [0.25, 0.3) is 0 Å². The Balaban J connectivity index is 1.44. The topological polar surface area (TPSA) is 106 Å². The first-order valence-corrected chi connectivity index (χ1v) is 8.86. The van der Waals surface area contributed by atoms with Gasteiger partial charge in [-0.2, -0.15) is 16.1 Å². The molecule has 22 heavy (non-hydrogen) atoms. The standard InChI is InChI=1S/C13H23N5O3S/c19-11(14-9-3-4-9)7-22-13-15-16-17-18(13)10-5-1-8(2-6-10)12(20)21/h8-10,13,15-17H,1-7H2,(H,14,19)(H,20,21). The maximum Gasteiger partial charge on any atom is 0.306 e. The number of hydrazine groups is 3. The predicted octanol–water partition coefficient (Wildman–Crippen LogP) is -0.245. The second-order valence-electron chi connectivity index (χ2n) is 6.14. The van der Waals surface area contributed by atoms with Crippen LogP contribution in [0.2, 0.25) is 0 Å². The summed E-state index contributed by atoms with van der Waals surface area (Å²) < 4.78 is 0. The van der Waals surface area contributed by atoms with Gasteiger partial charge in [-0.15, -0.1) is 11.8 Å². The molecule has 3 rings (SSSR count). The van der Waals surface area contributed by atoms with Crippen molar-refractivity contribution in [3.05, 3.63) is 0 Å². The lowest BCUT2D eigenvalue weighted by Crippen LogP contribution is -2.48. The number of carbonyl (C=O) groups is 2. The molecule has 0 spiro atoms. The minimum Gasteiger partial charge on any atom is -0.481 e. The van der Waals surface area contributed by atoms with Crippen LogP contribution in [0, 0.1) is 5.92 Å². The molecular formula is C13H23N5O3S. The van der Waals surface area contributed by atoms with Crippen molar-refractivity contribution in [1.82, 2.24) is 26.8 Å². The third-order valence-corrected chi connectivity index (χ3v) is 5.48. The van der Waals surface area contributed by atoms with Crippen LogP contribution >= 0.6 is 11.8 Å². The summed E-state index contributed by atoms with van der Waals surface area (Å²) in [5.41, 5.74) is 9.02. The summed E-state index contributed by atoms with van der Waals surface area (Å²) in [6.07, 6.45) is 5.30. The van der Waals surface area contributed by atoms with E-state index in [1.807, 2.05) is 0 Å². The zero-order chi connectivity index (χ0) is 15.5. The summed E-state index contributed by atoms with van der Waals surface area (Å²) in [6.45, 7) is 0. The third kappa shape index (κ3) is 4.11. The molecule has 3 fully saturated rings. The van der Waals surface area contributed by atoms with Crippen LogP contribution in [0.15, 0.2) is 0 Å². The number of carboxylic acids is 1. The molecule has 8 nitrogen and oxygen atoms in total. The van der Waals surface area contributed by atoms with E-state index in [4.69, 9.17) is 5.11 Å². The smallest absolute Gasteiger partial charge is 0.306 e. The fourth-order valence-electron chi connectivity index (χ4n) is 2.94. The summed E-state index contributed by atoms with van der Waals surface area (Å²) in [5.74, 6) is -0.406. The maximum absolute atomic E-state index is 11.8. The van der Waals surface area contributed by atoms with Gasteiger partial charge in [0.25, 0.3) is 0 Å². The van der Waals surface area contributed by atoms with Crippen LogP contribution in [0.4, 0.5) is 0 Å². The largest absolute Gasteiger partial charge is 0.481 e. The number of amides is 1. The van der Waals surface area contributed by atoms with E-state index in [9.17, 15) is 9.59 Å². The average molecular weight is 329 g/mol. The predicted molar refractivity (Wildman–Crippen MR) is 82.0 cm³/mol. The number of aliphatic carboxylic acids is 1. The van der Waals surface area contributed by atoms with E-state index in [2.05, 4.69) is 26.8 Å². The maximum atomic E-state index is 11.8. The quantitative estimate of drug-likeness (QED) is 0.454. The van der Waals surface area contributed by atoms with Crippen molar-refractivity contribution >= 4 is 23.6 Å². The lowest BCUT2D eigenvalue weighted by molar-refractivity contribution is -0.143. The van der Waals surface area contributed by atoms with Gasteiger partial charge in [0.2, 0.25) is 5.91 Å². The lowest BCUT2D eigenvalue weighted by Gasteiger charge is -2.34. The molecule has 1 heterocycles. The number of carboxylic acid groups (broad SMARTS) is 1. The van der Waals surface area contributed by atoms with E-state index in [0.717, 1.165) is 25.7 Å². The van der Waals surface area contributed by atoms with Crippen molar-refractivity contribution in [2.45, 2.75) is 56.1 Å². The Bertz CT molecular complexity index is 426. The molecule has 1 unspecified atom stereocenters. The summed E-state index contributed by atoms with van der Waals surface area (Å²) in [4.78, 5) is 22.8. The normalized spacial score (nSPS) is 32.8. The Morgan fingerprint density at radius 1 is 1.18 bits per heavy atom. The first-order valence-electron chi connectivity index (χ1n) is 7.82. The molecule has 2 aliphatic carbocycles. The number of rotatable bonds is 6. The van der Waals surface area contributed by atoms with Crippen LogP contribution in [0.5, 0.6) is 0 Å². The first-order chi connectivity index (χ1) is 10.6. The molecule has 9 heteroatoms. The van der Waals surface area contributed by atoms with Gasteiger partial charge in [0.15, 0.2) is 0 Å². The van der Waals surface area contributed by atoms with E-state index in [0.29, 0.717) is 24.6 Å². The van der Waals surface area contributed by atoms with Crippen LogP contribution in [-0.4, -0.2) is 45.3 Å². The average Bonchev–Trinajstić information content (AvgIpc) is 3.19. The van der Waals surface area contributed by atoms with Crippen molar-refractivity contribution in [3.8, 4) is 0 Å². The lowest BCUT2D eigenvalue weighted by atomic mass is 9.86. The fourth-order valence-corrected chi connectivity index (χ4v) is 3.86. The van der Waals surface area contributed by atoms with Crippen molar-refractivity contribution in [2.24, 2.45) is 5.92 Å². The highest BCUT2D eigenvalue weighted by Gasteiger charge is 2.35. The van der Waals surface area contributed by atoms with Gasteiger partial charge in [-0.25, -0.2) is 5.43 Å². The van der Waals surface area contributed by atoms with Gasteiger partial charge >= 0.3 is 5.97 Å². The number of hydrogen-bond donors (Lipinski definition) is 5. The fraction of sp³-hybridized carbons (Fsp3) is 0.846. The molecule has 124 valence electrons. The van der Waals surface area contributed by atoms with Gasteiger partial charge < -0.3 is 10.4 Å². The van der Waals surface area contributed by atoms with Gasteiger partial charge in [0.05, 0.1) is 11.7 Å². The molecular weight excluding hydrogens is 306 g/mol. The van der Waals surface area contributed by atoms with E-state index < -0.39 is 5.97 Å². The van der Waals surface area contributed by atoms with E-state index in [1.165, 1.54) is 11.8 Å². The Kier molecular flexibility index (Phi) is 5.19. The number of carbonyl (C=O) groups excluding carboxylic acids is 1. The molecule has 0 aromatic heterocycles. The van der Waals surface area contributed by atoms with Crippen molar-refractivity contribution < 1.29 is 14.7 Å². The molecule has 0 radical (unpaired) electrons. The highest BCUT2D eigenvalue weighted by atomic mass is 32.2. The molecule has 5 N–H and O–H groups in total. The van der Waals surface area contributed by atoms with Crippen LogP contribution in [-0.2, 0) is 9.59 Å². The van der Waals surface area contributed by atoms with Gasteiger partial charge in [0, 0.05) is 12.1 Å². The minimum atomic E-state index is -0.688. The molecule has 0 aromatic carbocycles. The summed E-state index contributed by atoms with van der Waals surface area (Å²) in [7, 11) is 0. The second-order valence-corrected chi connectivity index (χ2v) is 7.21. The molecule has 1 saturated heterocycles. The zero-order valence-electron chi connectivity index (χ0n) is 12.4. The molecule has 3 aliphatic rings. The molecule has 0 bridgehead atoms. The first kappa shape index (κ1) is 16.0. The Morgan fingerprint density at radius 3 is 2.55 bits per heavy atom. The Morgan fingerprint density at radius 2 is 1.91 bits per heavy atom. The summed E-state index contributed by atoms with van der Waals surface area (Å²) in [5, 5.41) is 14.1. The molecule has 1 atom stereocenters. The van der Waals surface area contributed by atoms with Crippen LogP contribution in [0.3, 0.4) is 0 Å². The van der Waals surface area contributed by atoms with Crippen molar-refractivity contribution in [2.75, 3.05) is 5.75 Å². The molecule has 1 amide bonds. The molecule has 0 aromatic rings. The van der Waals surface area contributed by atoms with E-state index >= 15 is 0 Å². The number of nitrogens with zero attached hydrogens (tertiary/aromatic N) is 1. The van der Waals surface area contributed by atoms with E-state index in [1.54, 1.807) is 0 Å². The molecule has 2 saturated carbocycles. The van der Waals surface area contributed by atoms with Crippen LogP contribution < -0.4 is 21.8 Å². The second kappa shape index (κ2) is 7.14. The van der Waals surface area contributed by atoms with Gasteiger partial charge in [-0.05, 0) is 38.5 Å². The zero-order valence-corrected chi connectivity index (χ0v) is 13.2. The number of hydrogen-bond acceptors (Lipinski definition) is 7. The summed E-state index contributed by atoms with van der Waals surface area (Å²) >= 11 is 1.53. The minimum absolute atomic E-state index is 0.0312. The molecule has 1 aliphatic heterocycles. The van der Waals surface area contributed by atoms with Gasteiger partial charge in [-0.3, -0.25) is 9.59 Å². The summed E-state index contributed by atoms with van der Waals surface area (Å²) in [6, 6.07) is 0.672. The Hall–Kier alpha value is -0.870. The third-order valence-electron chi connectivity index (χ3n) is 4.39. The van der Waals surface area contributed by atoms with Crippen molar-refractivity contribution in [3.63, 3.8) is 0 Å². The highest BCUT2D eigenvalue weighted by molar-refractivity contribution is 8.00. The SMILES string of the molecule is O=C(CSC1NNNN1C1CCC(C(=O)O)CC1)NC1CC1. The van der Waals surface area contributed by atoms with E-state index in [-0.39, 0.29) is 23.4 Å². The van der Waals surface area contributed by atoms with Crippen molar-refractivity contribution in [1.29, 1.82) is 0 Å². The number of nitrogens with one attached hydrogen (secondary N) is 4. The Labute approximate surface area is 133 Å². The monoisotopic (exact) mass is 329 g/mol. The van der Waals surface area contributed by atoms with Gasteiger partial charge in [0.1, 0.15) is 5.50 Å².